The molecule has 82 valence electrons. The Morgan fingerprint density at radius 2 is 1.88 bits per heavy atom. The summed E-state index contributed by atoms with van der Waals surface area (Å²) in [5, 5.41) is 0.770. The molecule has 0 unspecified atom stereocenters. The number of hydrogen-bond acceptors (Lipinski definition) is 3. The Morgan fingerprint density at radius 3 is 2.50 bits per heavy atom. The number of aromatic nitrogens is 1. The second-order valence-electron chi connectivity index (χ2n) is 3.52. The lowest BCUT2D eigenvalue weighted by atomic mass is 10.1. The van der Waals surface area contributed by atoms with E-state index in [0.717, 1.165) is 10.9 Å². The zero-order valence-electron chi connectivity index (χ0n) is 9.03. The Morgan fingerprint density at radius 1 is 1.19 bits per heavy atom. The highest BCUT2D eigenvalue weighted by molar-refractivity contribution is 6.09. The van der Waals surface area contributed by atoms with Gasteiger partial charge >= 0.3 is 5.97 Å². The van der Waals surface area contributed by atoms with Crippen LogP contribution in [0.1, 0.15) is 24.2 Å². The first-order valence-electron chi connectivity index (χ1n) is 4.89. The summed E-state index contributed by atoms with van der Waals surface area (Å²) >= 11 is 0. The molecule has 1 heterocycles. The molecule has 4 heteroatoms. The van der Waals surface area contributed by atoms with Gasteiger partial charge in [0.15, 0.2) is 5.78 Å². The molecular formula is C12H11NO3. The second-order valence-corrected chi connectivity index (χ2v) is 3.52. The van der Waals surface area contributed by atoms with Gasteiger partial charge in [-0.1, -0.05) is 18.2 Å². The van der Waals surface area contributed by atoms with E-state index in [1.54, 1.807) is 0 Å². The van der Waals surface area contributed by atoms with Gasteiger partial charge in [0.2, 0.25) is 5.88 Å². The normalized spacial score (nSPS) is 10.4. The number of ketones is 1. The van der Waals surface area contributed by atoms with Crippen LogP contribution < -0.4 is 4.74 Å². The topological polar surface area (TPSA) is 59.2 Å². The van der Waals surface area contributed by atoms with E-state index in [2.05, 4.69) is 4.98 Å². The van der Waals surface area contributed by atoms with Crippen molar-refractivity contribution in [3.05, 3.63) is 29.8 Å². The Bertz CT molecular complexity index is 569. The van der Waals surface area contributed by atoms with Crippen molar-refractivity contribution in [2.45, 2.75) is 13.8 Å². The number of aromatic amines is 1. The molecule has 0 atom stereocenters. The minimum atomic E-state index is -0.450. The number of carbonyl (C=O) groups excluding carboxylic acids is 2. The van der Waals surface area contributed by atoms with Crippen molar-refractivity contribution in [1.29, 1.82) is 0 Å². The lowest BCUT2D eigenvalue weighted by molar-refractivity contribution is -0.132. The first kappa shape index (κ1) is 10.4. The van der Waals surface area contributed by atoms with Crippen LogP contribution in [0.4, 0.5) is 0 Å². The van der Waals surface area contributed by atoms with E-state index in [1.165, 1.54) is 13.8 Å². The third-order valence-corrected chi connectivity index (χ3v) is 2.27. The van der Waals surface area contributed by atoms with Crippen molar-refractivity contribution in [2.75, 3.05) is 0 Å². The van der Waals surface area contributed by atoms with Crippen LogP contribution in [0.5, 0.6) is 5.88 Å². The Kier molecular flexibility index (Phi) is 2.48. The van der Waals surface area contributed by atoms with Crippen molar-refractivity contribution in [3.8, 4) is 5.88 Å². The molecule has 16 heavy (non-hydrogen) atoms. The number of ether oxygens (including phenoxy) is 1. The maximum absolute atomic E-state index is 11.5. The largest absolute Gasteiger partial charge is 0.409 e. The number of esters is 1. The van der Waals surface area contributed by atoms with Crippen LogP contribution in [0.3, 0.4) is 0 Å². The fourth-order valence-electron chi connectivity index (χ4n) is 1.69. The molecule has 0 radical (unpaired) electrons. The van der Waals surface area contributed by atoms with Crippen LogP contribution in [0.25, 0.3) is 10.9 Å². The molecule has 0 saturated heterocycles. The molecule has 0 aliphatic rings. The number of fused-ring (bicyclic) bond motifs is 1. The molecule has 2 aromatic rings. The first-order valence-corrected chi connectivity index (χ1v) is 4.89. The standard InChI is InChI=1S/C12H11NO3/c1-7(14)11-9-5-3-4-6-10(9)13-12(11)16-8(2)15/h3-6,13H,1-2H3. The highest BCUT2D eigenvalue weighted by atomic mass is 16.5. The fourth-order valence-corrected chi connectivity index (χ4v) is 1.69. The lowest BCUT2D eigenvalue weighted by Gasteiger charge is -1.99. The zero-order chi connectivity index (χ0) is 11.7. The van der Waals surface area contributed by atoms with Crippen LogP contribution in [0, 0.1) is 0 Å². The van der Waals surface area contributed by atoms with Crippen molar-refractivity contribution >= 4 is 22.7 Å². The number of hydrogen-bond donors (Lipinski definition) is 1. The Balaban J connectivity index is 2.68. The van der Waals surface area contributed by atoms with Crippen LogP contribution >= 0.6 is 0 Å². The third-order valence-electron chi connectivity index (χ3n) is 2.27. The minimum absolute atomic E-state index is 0.131. The zero-order valence-corrected chi connectivity index (χ0v) is 9.03. The monoisotopic (exact) mass is 217 g/mol. The number of para-hydroxylation sites is 1. The van der Waals surface area contributed by atoms with Gasteiger partial charge in [0.1, 0.15) is 0 Å². The molecule has 0 aliphatic carbocycles. The van der Waals surface area contributed by atoms with Crippen LogP contribution in [-0.2, 0) is 4.79 Å². The van der Waals surface area contributed by atoms with Crippen molar-refractivity contribution in [1.82, 2.24) is 4.98 Å². The number of H-pyrrole nitrogens is 1. The van der Waals surface area contributed by atoms with Crippen LogP contribution in [0.15, 0.2) is 24.3 Å². The number of nitrogens with one attached hydrogen (secondary N) is 1. The van der Waals surface area contributed by atoms with Crippen molar-refractivity contribution < 1.29 is 14.3 Å². The van der Waals surface area contributed by atoms with E-state index in [0.29, 0.717) is 5.56 Å². The molecular weight excluding hydrogens is 206 g/mol. The van der Waals surface area contributed by atoms with Crippen molar-refractivity contribution in [2.24, 2.45) is 0 Å². The fraction of sp³-hybridized carbons (Fsp3) is 0.167. The first-order chi connectivity index (χ1) is 7.59. The highest BCUT2D eigenvalue weighted by Gasteiger charge is 2.17. The van der Waals surface area contributed by atoms with E-state index in [1.807, 2.05) is 24.3 Å². The van der Waals surface area contributed by atoms with Gasteiger partial charge in [0, 0.05) is 17.8 Å². The van der Waals surface area contributed by atoms with E-state index in [4.69, 9.17) is 4.74 Å². The summed E-state index contributed by atoms with van der Waals surface area (Å²) in [4.78, 5) is 25.3. The molecule has 1 N–H and O–H groups in total. The summed E-state index contributed by atoms with van der Waals surface area (Å²) in [6.07, 6.45) is 0. The molecule has 0 spiro atoms. The number of benzene rings is 1. The molecule has 0 amide bonds. The SMILES string of the molecule is CC(=O)Oc1[nH]c2ccccc2c1C(C)=O. The van der Waals surface area contributed by atoms with Gasteiger partial charge in [-0.2, -0.15) is 0 Å². The molecule has 0 fully saturated rings. The van der Waals surface area contributed by atoms with Gasteiger partial charge < -0.3 is 9.72 Å². The Labute approximate surface area is 92.2 Å². The maximum Gasteiger partial charge on any atom is 0.309 e. The van der Waals surface area contributed by atoms with Gasteiger partial charge in [0.05, 0.1) is 5.56 Å². The summed E-state index contributed by atoms with van der Waals surface area (Å²) in [6, 6.07) is 7.32. The molecule has 1 aromatic carbocycles. The third kappa shape index (κ3) is 1.69. The molecule has 2 rings (SSSR count). The molecule has 1 aromatic heterocycles. The lowest BCUT2D eigenvalue weighted by Crippen LogP contribution is -2.05. The van der Waals surface area contributed by atoms with E-state index in [-0.39, 0.29) is 11.7 Å². The predicted molar refractivity (Wildman–Crippen MR) is 59.6 cm³/mol. The summed E-state index contributed by atoms with van der Waals surface area (Å²) < 4.78 is 4.98. The summed E-state index contributed by atoms with van der Waals surface area (Å²) in [5.41, 5.74) is 1.20. The predicted octanol–water partition coefficient (Wildman–Crippen LogP) is 2.30. The maximum atomic E-state index is 11.5. The number of Topliss-reactive ketones (excluding diaryl/α,β-unsaturated/α-hetero) is 1. The van der Waals surface area contributed by atoms with E-state index < -0.39 is 5.97 Å². The summed E-state index contributed by atoms with van der Waals surface area (Å²) in [5.74, 6) is -0.357. The molecule has 4 nitrogen and oxygen atoms in total. The molecule has 0 saturated carbocycles. The second kappa shape index (κ2) is 3.81. The van der Waals surface area contributed by atoms with E-state index in [9.17, 15) is 9.59 Å². The molecule has 0 bridgehead atoms. The van der Waals surface area contributed by atoms with Crippen LogP contribution in [-0.4, -0.2) is 16.7 Å². The number of rotatable bonds is 2. The van der Waals surface area contributed by atoms with E-state index >= 15 is 0 Å². The van der Waals surface area contributed by atoms with Crippen molar-refractivity contribution in [3.63, 3.8) is 0 Å². The summed E-state index contributed by atoms with van der Waals surface area (Å²) in [7, 11) is 0. The minimum Gasteiger partial charge on any atom is -0.409 e. The van der Waals surface area contributed by atoms with Gasteiger partial charge in [-0.3, -0.25) is 9.59 Å². The quantitative estimate of drug-likeness (QED) is 0.620. The smallest absolute Gasteiger partial charge is 0.309 e. The van der Waals surface area contributed by atoms with Gasteiger partial charge in [-0.15, -0.1) is 0 Å². The Hall–Kier alpha value is -2.10. The van der Waals surface area contributed by atoms with Gasteiger partial charge in [-0.25, -0.2) is 0 Å². The molecule has 0 aliphatic heterocycles. The van der Waals surface area contributed by atoms with Gasteiger partial charge in [0.25, 0.3) is 0 Å². The average Bonchev–Trinajstić information content (AvgIpc) is 2.53. The van der Waals surface area contributed by atoms with Gasteiger partial charge in [-0.05, 0) is 13.0 Å². The van der Waals surface area contributed by atoms with Crippen LogP contribution in [0.2, 0.25) is 0 Å². The number of carbonyl (C=O) groups is 2. The highest BCUT2D eigenvalue weighted by Crippen LogP contribution is 2.28. The summed E-state index contributed by atoms with van der Waals surface area (Å²) in [6.45, 7) is 2.75. The average molecular weight is 217 g/mol.